The standard InChI is InChI=1S/C8H9N5O.Y/c1-4(14)12-5-2-6(9)13-8-7(5)10-3-11-8;/h2-3H,1H3,(H4,9,10,11,12,13,14);/p-1. The van der Waals surface area contributed by atoms with Crippen LogP contribution in [0.5, 0.6) is 0 Å². The van der Waals surface area contributed by atoms with Gasteiger partial charge in [-0.3, -0.25) is 4.79 Å². The number of fused-ring (bicyclic) bond motifs is 1. The first-order valence-electron chi connectivity index (χ1n) is 3.98. The number of nitrogens with zero attached hydrogens (tertiary/aromatic N) is 3. The number of nitrogens with one attached hydrogen (secondary N) is 1. The topological polar surface area (TPSA) is 95.0 Å². The van der Waals surface area contributed by atoms with Crippen LogP contribution in [0.2, 0.25) is 0 Å². The zero-order valence-electron chi connectivity index (χ0n) is 8.06. The van der Waals surface area contributed by atoms with Crippen molar-refractivity contribution >= 4 is 28.6 Å². The van der Waals surface area contributed by atoms with Crippen LogP contribution in [-0.2, 0) is 37.5 Å². The van der Waals surface area contributed by atoms with Gasteiger partial charge in [-0.05, 0) is 12.4 Å². The van der Waals surface area contributed by atoms with E-state index in [-0.39, 0.29) is 38.6 Å². The molecule has 2 heterocycles. The molecule has 7 heteroatoms. The number of nitrogen functional groups attached to an aromatic ring is 1. The van der Waals surface area contributed by atoms with Crippen LogP contribution in [0.4, 0.5) is 11.5 Å². The Kier molecular flexibility index (Phi) is 3.76. The molecule has 2 aromatic heterocycles. The van der Waals surface area contributed by atoms with Crippen LogP contribution in [0.3, 0.4) is 0 Å². The van der Waals surface area contributed by atoms with Gasteiger partial charge in [0.1, 0.15) is 0 Å². The van der Waals surface area contributed by atoms with Crippen LogP contribution >= 0.6 is 0 Å². The van der Waals surface area contributed by atoms with Gasteiger partial charge in [-0.2, -0.15) is 0 Å². The number of nitrogens with two attached hydrogens (primary N) is 1. The average Bonchev–Trinajstić information content (AvgIpc) is 2.50. The molecule has 2 rings (SSSR count). The van der Waals surface area contributed by atoms with Crippen molar-refractivity contribution in [3.8, 4) is 0 Å². The van der Waals surface area contributed by atoms with Crippen LogP contribution in [0.1, 0.15) is 6.92 Å². The summed E-state index contributed by atoms with van der Waals surface area (Å²) in [4.78, 5) is 22.7. The first kappa shape index (κ1) is 12.1. The van der Waals surface area contributed by atoms with E-state index in [0.717, 1.165) is 0 Å². The van der Waals surface area contributed by atoms with Crippen LogP contribution in [0, 0.1) is 0 Å². The third-order valence-corrected chi connectivity index (χ3v) is 1.67. The molecule has 0 bridgehead atoms. The summed E-state index contributed by atoms with van der Waals surface area (Å²) in [6, 6.07) is 1.55. The minimum atomic E-state index is -0.181. The number of anilines is 2. The van der Waals surface area contributed by atoms with E-state index in [9.17, 15) is 4.79 Å². The molecular formula is C8H8N5OY-. The summed E-state index contributed by atoms with van der Waals surface area (Å²) in [5.41, 5.74) is 7.06. The maximum absolute atomic E-state index is 10.9. The summed E-state index contributed by atoms with van der Waals surface area (Å²) < 4.78 is 0. The Hall–Kier alpha value is -1.01. The summed E-state index contributed by atoms with van der Waals surface area (Å²) in [5.74, 6) is 0.127. The number of imidazole rings is 1. The van der Waals surface area contributed by atoms with Crippen molar-refractivity contribution in [2.75, 3.05) is 11.1 Å². The molecule has 0 aliphatic carbocycles. The Morgan fingerprint density at radius 3 is 3.00 bits per heavy atom. The van der Waals surface area contributed by atoms with Crippen molar-refractivity contribution in [1.82, 2.24) is 15.0 Å². The van der Waals surface area contributed by atoms with Crippen LogP contribution in [0.15, 0.2) is 12.4 Å². The summed E-state index contributed by atoms with van der Waals surface area (Å²) in [7, 11) is 0. The third-order valence-electron chi connectivity index (χ3n) is 1.67. The molecule has 0 saturated heterocycles. The van der Waals surface area contributed by atoms with Gasteiger partial charge in [0.15, 0.2) is 0 Å². The van der Waals surface area contributed by atoms with Crippen molar-refractivity contribution in [1.29, 1.82) is 0 Å². The Morgan fingerprint density at radius 2 is 2.33 bits per heavy atom. The maximum atomic E-state index is 10.9. The summed E-state index contributed by atoms with van der Waals surface area (Å²) in [5, 5.41) is 2.61. The summed E-state index contributed by atoms with van der Waals surface area (Å²) in [6.45, 7) is 1.42. The minimum absolute atomic E-state index is 0. The first-order chi connectivity index (χ1) is 6.66. The number of carbonyl (C=O) groups is 1. The van der Waals surface area contributed by atoms with Crippen molar-refractivity contribution in [3.63, 3.8) is 0 Å². The molecule has 0 aromatic carbocycles. The Labute approximate surface area is 111 Å². The Morgan fingerprint density at radius 1 is 1.60 bits per heavy atom. The minimum Gasteiger partial charge on any atom is -0.396 e. The summed E-state index contributed by atoms with van der Waals surface area (Å²) in [6.07, 6.45) is 1.38. The molecule has 0 unspecified atom stereocenters. The van der Waals surface area contributed by atoms with E-state index in [2.05, 4.69) is 20.3 Å². The maximum Gasteiger partial charge on any atom is 0.221 e. The molecule has 15 heavy (non-hydrogen) atoms. The monoisotopic (exact) mass is 279 g/mol. The molecule has 0 aliphatic rings. The fourth-order valence-corrected chi connectivity index (χ4v) is 1.19. The quantitative estimate of drug-likeness (QED) is 0.773. The molecule has 3 N–H and O–H groups in total. The number of pyridine rings is 1. The summed E-state index contributed by atoms with van der Waals surface area (Å²) >= 11 is 0. The molecule has 1 amide bonds. The zero-order valence-corrected chi connectivity index (χ0v) is 10.9. The van der Waals surface area contributed by atoms with Gasteiger partial charge in [-0.25, -0.2) is 0 Å². The fourth-order valence-electron chi connectivity index (χ4n) is 1.19. The van der Waals surface area contributed by atoms with E-state index in [1.165, 1.54) is 13.3 Å². The Balaban J connectivity index is 0.00000112. The molecule has 6 nitrogen and oxygen atoms in total. The predicted molar refractivity (Wildman–Crippen MR) is 51.6 cm³/mol. The van der Waals surface area contributed by atoms with Crippen molar-refractivity contribution < 1.29 is 37.5 Å². The molecule has 0 spiro atoms. The first-order valence-corrected chi connectivity index (χ1v) is 3.98. The molecule has 2 aromatic rings. The Bertz CT molecular complexity index is 495. The normalized spacial score (nSPS) is 9.67. The smallest absolute Gasteiger partial charge is 0.221 e. The van der Waals surface area contributed by atoms with Crippen LogP contribution in [-0.4, -0.2) is 15.9 Å². The van der Waals surface area contributed by atoms with Gasteiger partial charge in [0.25, 0.3) is 0 Å². The number of carbonyl (C=O) groups excluding carboxylic acids is 1. The molecule has 0 saturated carbocycles. The fraction of sp³-hybridized carbons (Fsp3) is 0.125. The van der Waals surface area contributed by atoms with Crippen LogP contribution in [0.25, 0.3) is 11.2 Å². The number of hydrogen-bond donors (Lipinski definition) is 2. The van der Waals surface area contributed by atoms with Crippen molar-refractivity contribution in [3.05, 3.63) is 12.4 Å². The number of aromatic nitrogens is 3. The largest absolute Gasteiger partial charge is 0.396 e. The molecular weight excluding hydrogens is 271 g/mol. The number of amides is 1. The third kappa shape index (κ3) is 2.51. The van der Waals surface area contributed by atoms with E-state index < -0.39 is 0 Å². The number of hydrogen-bond acceptors (Lipinski definition) is 4. The predicted octanol–water partition coefficient (Wildman–Crippen LogP) is 0.125. The second-order valence-corrected chi connectivity index (χ2v) is 2.82. The second-order valence-electron chi connectivity index (χ2n) is 2.82. The van der Waals surface area contributed by atoms with E-state index in [1.54, 1.807) is 6.07 Å². The SMILES string of the molecule is CC(=O)Nc1cc(N)nc2[n-]cnc12.[Y]. The molecule has 0 atom stereocenters. The van der Waals surface area contributed by atoms with Gasteiger partial charge in [0, 0.05) is 50.8 Å². The van der Waals surface area contributed by atoms with Gasteiger partial charge in [0.2, 0.25) is 5.91 Å². The van der Waals surface area contributed by atoms with Crippen LogP contribution < -0.4 is 16.0 Å². The van der Waals surface area contributed by atoms with E-state index >= 15 is 0 Å². The van der Waals surface area contributed by atoms with E-state index in [1.807, 2.05) is 0 Å². The van der Waals surface area contributed by atoms with Gasteiger partial charge >= 0.3 is 0 Å². The molecule has 0 fully saturated rings. The van der Waals surface area contributed by atoms with Gasteiger partial charge in [0.05, 0.1) is 11.5 Å². The zero-order chi connectivity index (χ0) is 10.1. The van der Waals surface area contributed by atoms with E-state index in [4.69, 9.17) is 5.73 Å². The second kappa shape index (κ2) is 4.68. The number of rotatable bonds is 1. The van der Waals surface area contributed by atoms with Crippen molar-refractivity contribution in [2.24, 2.45) is 0 Å². The van der Waals surface area contributed by atoms with Gasteiger partial charge in [-0.1, -0.05) is 0 Å². The van der Waals surface area contributed by atoms with Gasteiger partial charge in [-0.15, -0.1) is 0 Å². The molecule has 0 aliphatic heterocycles. The molecule has 75 valence electrons. The average molecular weight is 279 g/mol. The molecule has 1 radical (unpaired) electrons. The van der Waals surface area contributed by atoms with Gasteiger partial charge < -0.3 is 26.0 Å². The van der Waals surface area contributed by atoms with E-state index in [0.29, 0.717) is 22.7 Å². The van der Waals surface area contributed by atoms with Crippen molar-refractivity contribution in [2.45, 2.75) is 6.92 Å².